The van der Waals surface area contributed by atoms with Crippen LogP contribution in [-0.4, -0.2) is 18.8 Å². The third-order valence-electron chi connectivity index (χ3n) is 3.67. The Labute approximate surface area is 109 Å². The molecule has 0 saturated carbocycles. The first-order valence-corrected chi connectivity index (χ1v) is 6.69. The number of nitrogens with one attached hydrogen (secondary N) is 1. The van der Waals surface area contributed by atoms with Gasteiger partial charge in [-0.1, -0.05) is 13.0 Å². The molecule has 2 nitrogen and oxygen atoms in total. The molecule has 3 heteroatoms. The molecule has 0 radical (unpaired) electrons. The van der Waals surface area contributed by atoms with E-state index in [9.17, 15) is 4.39 Å². The van der Waals surface area contributed by atoms with Crippen molar-refractivity contribution in [1.82, 2.24) is 5.32 Å². The maximum atomic E-state index is 13.6. The highest BCUT2D eigenvalue weighted by Crippen LogP contribution is 2.37. The van der Waals surface area contributed by atoms with Gasteiger partial charge in [-0.25, -0.2) is 4.39 Å². The Bertz CT molecular complexity index is 393. The molecule has 1 fully saturated rings. The second-order valence-electron chi connectivity index (χ2n) is 5.32. The number of benzene rings is 1. The maximum Gasteiger partial charge on any atom is 0.123 e. The van der Waals surface area contributed by atoms with Gasteiger partial charge >= 0.3 is 0 Å². The van der Waals surface area contributed by atoms with Crippen LogP contribution in [0.15, 0.2) is 18.2 Å². The lowest BCUT2D eigenvalue weighted by molar-refractivity contribution is -0.0121. The number of likely N-dealkylation sites (N-methyl/N-ethyl adjacent to an activating group) is 1. The van der Waals surface area contributed by atoms with Crippen LogP contribution in [0.5, 0.6) is 0 Å². The van der Waals surface area contributed by atoms with E-state index in [1.54, 1.807) is 12.1 Å². The Morgan fingerprint density at radius 1 is 1.44 bits per heavy atom. The highest BCUT2D eigenvalue weighted by atomic mass is 19.1. The minimum Gasteiger partial charge on any atom is -0.373 e. The van der Waals surface area contributed by atoms with Crippen LogP contribution in [0.2, 0.25) is 0 Å². The average molecular weight is 251 g/mol. The van der Waals surface area contributed by atoms with E-state index in [4.69, 9.17) is 4.74 Å². The Hall–Kier alpha value is -0.930. The van der Waals surface area contributed by atoms with Crippen molar-refractivity contribution in [1.29, 1.82) is 0 Å². The van der Waals surface area contributed by atoms with Crippen molar-refractivity contribution in [3.05, 3.63) is 35.1 Å². The summed E-state index contributed by atoms with van der Waals surface area (Å²) in [6.07, 6.45) is 2.09. The molecule has 1 aliphatic rings. The van der Waals surface area contributed by atoms with E-state index in [0.717, 1.165) is 37.1 Å². The van der Waals surface area contributed by atoms with E-state index in [2.05, 4.69) is 19.2 Å². The molecule has 1 aromatic carbocycles. The third kappa shape index (κ3) is 2.73. The van der Waals surface area contributed by atoms with Crippen molar-refractivity contribution >= 4 is 0 Å². The van der Waals surface area contributed by atoms with E-state index in [0.29, 0.717) is 0 Å². The second kappa shape index (κ2) is 5.37. The summed E-state index contributed by atoms with van der Waals surface area (Å²) in [5.74, 6) is -0.172. The van der Waals surface area contributed by atoms with Gasteiger partial charge in [0, 0.05) is 6.61 Å². The molecule has 0 bridgehead atoms. The molecule has 0 amide bonds. The fourth-order valence-electron chi connectivity index (χ4n) is 2.85. The van der Waals surface area contributed by atoms with Gasteiger partial charge in [0.1, 0.15) is 5.82 Å². The lowest BCUT2D eigenvalue weighted by atomic mass is 9.87. The fourth-order valence-corrected chi connectivity index (χ4v) is 2.85. The number of halogens is 1. The maximum absolute atomic E-state index is 13.6. The van der Waals surface area contributed by atoms with Gasteiger partial charge in [-0.05, 0) is 56.5 Å². The topological polar surface area (TPSA) is 21.3 Å². The lowest BCUT2D eigenvalue weighted by Gasteiger charge is -2.34. The number of hydrogen-bond acceptors (Lipinski definition) is 2. The summed E-state index contributed by atoms with van der Waals surface area (Å²) in [6.45, 7) is 7.75. The lowest BCUT2D eigenvalue weighted by Crippen LogP contribution is -2.41. The predicted molar refractivity (Wildman–Crippen MR) is 71.1 cm³/mol. The monoisotopic (exact) mass is 251 g/mol. The summed E-state index contributed by atoms with van der Waals surface area (Å²) < 4.78 is 19.5. The molecule has 1 aliphatic heterocycles. The molecular weight excluding hydrogens is 229 g/mol. The number of hydrogen-bond donors (Lipinski definition) is 1. The first-order valence-electron chi connectivity index (χ1n) is 6.69. The normalized spacial score (nSPS) is 25.3. The summed E-state index contributed by atoms with van der Waals surface area (Å²) >= 11 is 0. The van der Waals surface area contributed by atoms with Crippen LogP contribution in [0.4, 0.5) is 4.39 Å². The summed E-state index contributed by atoms with van der Waals surface area (Å²) in [7, 11) is 0. The van der Waals surface area contributed by atoms with Gasteiger partial charge in [-0.3, -0.25) is 0 Å². The molecule has 1 heterocycles. The second-order valence-corrected chi connectivity index (χ2v) is 5.32. The van der Waals surface area contributed by atoms with Gasteiger partial charge < -0.3 is 10.1 Å². The van der Waals surface area contributed by atoms with Gasteiger partial charge in [0.25, 0.3) is 0 Å². The van der Waals surface area contributed by atoms with Gasteiger partial charge in [-0.15, -0.1) is 0 Å². The van der Waals surface area contributed by atoms with Crippen LogP contribution < -0.4 is 5.32 Å². The Morgan fingerprint density at radius 3 is 2.78 bits per heavy atom. The van der Waals surface area contributed by atoms with Crippen molar-refractivity contribution in [2.24, 2.45) is 0 Å². The van der Waals surface area contributed by atoms with E-state index >= 15 is 0 Å². The highest BCUT2D eigenvalue weighted by Gasteiger charge is 2.39. The Morgan fingerprint density at radius 2 is 2.22 bits per heavy atom. The van der Waals surface area contributed by atoms with Gasteiger partial charge in [0.05, 0.1) is 11.6 Å². The average Bonchev–Trinajstić information content (AvgIpc) is 2.72. The van der Waals surface area contributed by atoms with Crippen molar-refractivity contribution < 1.29 is 9.13 Å². The van der Waals surface area contributed by atoms with E-state index in [1.807, 2.05) is 13.0 Å². The predicted octanol–water partition coefficient (Wildman–Crippen LogP) is 3.35. The van der Waals surface area contributed by atoms with Gasteiger partial charge in [-0.2, -0.15) is 0 Å². The molecule has 0 spiro atoms. The van der Waals surface area contributed by atoms with Crippen LogP contribution in [0.1, 0.15) is 43.9 Å². The van der Waals surface area contributed by atoms with Crippen molar-refractivity contribution in [2.45, 2.75) is 45.3 Å². The van der Waals surface area contributed by atoms with E-state index < -0.39 is 0 Å². The van der Waals surface area contributed by atoms with Gasteiger partial charge in [0.2, 0.25) is 0 Å². The first kappa shape index (κ1) is 13.5. The summed E-state index contributed by atoms with van der Waals surface area (Å²) in [4.78, 5) is 0. The van der Waals surface area contributed by atoms with E-state index in [1.165, 1.54) is 0 Å². The van der Waals surface area contributed by atoms with Gasteiger partial charge in [0.15, 0.2) is 0 Å². The zero-order valence-electron chi connectivity index (χ0n) is 11.4. The zero-order chi connectivity index (χ0) is 13.2. The van der Waals surface area contributed by atoms with Crippen LogP contribution in [0, 0.1) is 12.7 Å². The Balaban J connectivity index is 2.34. The van der Waals surface area contributed by atoms with Crippen LogP contribution in [0.25, 0.3) is 0 Å². The summed E-state index contributed by atoms with van der Waals surface area (Å²) in [5.41, 5.74) is 1.71. The molecule has 100 valence electrons. The zero-order valence-corrected chi connectivity index (χ0v) is 11.4. The number of ether oxygens (including phenoxy) is 1. The first-order chi connectivity index (χ1) is 8.55. The molecule has 18 heavy (non-hydrogen) atoms. The third-order valence-corrected chi connectivity index (χ3v) is 3.67. The number of aryl methyl sites for hydroxylation is 1. The minimum atomic E-state index is -0.226. The minimum absolute atomic E-state index is 0.0550. The van der Waals surface area contributed by atoms with Crippen LogP contribution in [-0.2, 0) is 4.74 Å². The fraction of sp³-hybridized carbons (Fsp3) is 0.600. The molecule has 2 atom stereocenters. The van der Waals surface area contributed by atoms with Crippen LogP contribution >= 0.6 is 0 Å². The quantitative estimate of drug-likeness (QED) is 0.886. The molecule has 1 aromatic rings. The summed E-state index contributed by atoms with van der Waals surface area (Å²) in [6, 6.07) is 5.28. The highest BCUT2D eigenvalue weighted by molar-refractivity contribution is 5.28. The van der Waals surface area contributed by atoms with Crippen molar-refractivity contribution in [3.8, 4) is 0 Å². The molecule has 2 unspecified atom stereocenters. The molecule has 1 N–H and O–H groups in total. The van der Waals surface area contributed by atoms with Crippen LogP contribution in [0.3, 0.4) is 0 Å². The smallest absolute Gasteiger partial charge is 0.123 e. The SMILES string of the molecule is CCNC(c1cc(C)cc(F)c1)C1(C)CCCO1. The molecule has 0 aromatic heterocycles. The molecule has 1 saturated heterocycles. The largest absolute Gasteiger partial charge is 0.373 e. The van der Waals surface area contributed by atoms with Crippen molar-refractivity contribution in [2.75, 3.05) is 13.2 Å². The van der Waals surface area contributed by atoms with Crippen molar-refractivity contribution in [3.63, 3.8) is 0 Å². The summed E-state index contributed by atoms with van der Waals surface area (Å²) in [5, 5.41) is 3.44. The van der Waals surface area contributed by atoms with E-state index in [-0.39, 0.29) is 17.5 Å². The Kier molecular flexibility index (Phi) is 4.03. The standard InChI is InChI=1S/C15H22FNO/c1-4-17-14(15(3)6-5-7-18-15)12-8-11(2)9-13(16)10-12/h8-10,14,17H,4-7H2,1-3H3. The number of rotatable bonds is 4. The molecule has 2 rings (SSSR count). The molecular formula is C15H22FNO. The molecule has 0 aliphatic carbocycles.